The topological polar surface area (TPSA) is 3.24 Å². The molecule has 0 aliphatic carbocycles. The number of anilines is 3. The summed E-state index contributed by atoms with van der Waals surface area (Å²) in [5.41, 5.74) is 11.0. The fourth-order valence-corrected chi connectivity index (χ4v) is 4.47. The van der Waals surface area contributed by atoms with Crippen LogP contribution < -0.4 is 4.90 Å². The van der Waals surface area contributed by atoms with Crippen LogP contribution in [0, 0.1) is 13.8 Å². The third kappa shape index (κ3) is 4.18. The van der Waals surface area contributed by atoms with Gasteiger partial charge in [0.2, 0.25) is 0 Å². The van der Waals surface area contributed by atoms with Crippen LogP contribution in [0.1, 0.15) is 11.1 Å². The van der Waals surface area contributed by atoms with Crippen LogP contribution in [0.15, 0.2) is 127 Å². The zero-order chi connectivity index (χ0) is 22.6. The third-order valence-corrected chi connectivity index (χ3v) is 6.23. The Balaban J connectivity index is 1.63. The molecular weight excluding hydrogens is 398 g/mol. The van der Waals surface area contributed by atoms with Gasteiger partial charge in [0.15, 0.2) is 0 Å². The smallest absolute Gasteiger partial charge is 0.0496 e. The minimum Gasteiger partial charge on any atom is -0.310 e. The molecule has 0 fully saturated rings. The Morgan fingerprint density at radius 3 is 1.67 bits per heavy atom. The molecule has 0 spiro atoms. The van der Waals surface area contributed by atoms with Gasteiger partial charge in [-0.05, 0) is 77.6 Å². The lowest BCUT2D eigenvalue weighted by Crippen LogP contribution is -2.11. The second kappa shape index (κ2) is 9.18. The molecule has 0 aliphatic heterocycles. The first kappa shape index (κ1) is 20.8. The van der Waals surface area contributed by atoms with Crippen molar-refractivity contribution in [3.05, 3.63) is 139 Å². The SMILES string of the molecule is Cc1ccccc1-c1cccc(N(c2ccccc2)c2ccc(-c3ccccc3)cc2)c1C. The van der Waals surface area contributed by atoms with Gasteiger partial charge < -0.3 is 4.90 Å². The molecule has 1 heteroatoms. The van der Waals surface area contributed by atoms with E-state index < -0.39 is 0 Å². The van der Waals surface area contributed by atoms with Gasteiger partial charge in [0.05, 0.1) is 0 Å². The first-order valence-electron chi connectivity index (χ1n) is 11.4. The highest BCUT2D eigenvalue weighted by atomic mass is 15.1. The highest BCUT2D eigenvalue weighted by Gasteiger charge is 2.17. The summed E-state index contributed by atoms with van der Waals surface area (Å²) < 4.78 is 0. The Bertz CT molecular complexity index is 1350. The molecular formula is C32H27N. The molecule has 5 aromatic rings. The Kier molecular flexibility index (Phi) is 5.78. The van der Waals surface area contributed by atoms with Crippen molar-refractivity contribution >= 4 is 17.1 Å². The lowest BCUT2D eigenvalue weighted by Gasteiger charge is -2.28. The highest BCUT2D eigenvalue weighted by molar-refractivity contribution is 5.84. The van der Waals surface area contributed by atoms with E-state index in [2.05, 4.69) is 146 Å². The van der Waals surface area contributed by atoms with Crippen molar-refractivity contribution in [3.63, 3.8) is 0 Å². The molecule has 0 saturated heterocycles. The Labute approximate surface area is 196 Å². The van der Waals surface area contributed by atoms with Crippen molar-refractivity contribution in [1.29, 1.82) is 0 Å². The van der Waals surface area contributed by atoms with Crippen LogP contribution in [0.2, 0.25) is 0 Å². The van der Waals surface area contributed by atoms with Crippen molar-refractivity contribution in [2.75, 3.05) is 4.90 Å². The molecule has 1 nitrogen and oxygen atoms in total. The van der Waals surface area contributed by atoms with Crippen LogP contribution >= 0.6 is 0 Å². The molecule has 33 heavy (non-hydrogen) atoms. The summed E-state index contributed by atoms with van der Waals surface area (Å²) in [5.74, 6) is 0. The number of hydrogen-bond donors (Lipinski definition) is 0. The Morgan fingerprint density at radius 1 is 0.424 bits per heavy atom. The van der Waals surface area contributed by atoms with Gasteiger partial charge in [0.1, 0.15) is 0 Å². The van der Waals surface area contributed by atoms with Gasteiger partial charge in [0, 0.05) is 17.1 Å². The molecule has 0 unspecified atom stereocenters. The lowest BCUT2D eigenvalue weighted by atomic mass is 9.95. The van der Waals surface area contributed by atoms with Crippen molar-refractivity contribution in [3.8, 4) is 22.3 Å². The van der Waals surface area contributed by atoms with Gasteiger partial charge in [-0.15, -0.1) is 0 Å². The molecule has 0 bridgehead atoms. The summed E-state index contributed by atoms with van der Waals surface area (Å²) in [6.45, 7) is 4.41. The summed E-state index contributed by atoms with van der Waals surface area (Å²) in [5, 5.41) is 0. The summed E-state index contributed by atoms with van der Waals surface area (Å²) in [6, 6.07) is 45.2. The fraction of sp³-hybridized carbons (Fsp3) is 0.0625. The molecule has 0 N–H and O–H groups in total. The second-order valence-corrected chi connectivity index (χ2v) is 8.35. The molecule has 5 rings (SSSR count). The summed E-state index contributed by atoms with van der Waals surface area (Å²) >= 11 is 0. The van der Waals surface area contributed by atoms with E-state index in [0.717, 1.165) is 11.4 Å². The average molecular weight is 426 g/mol. The normalized spacial score (nSPS) is 10.7. The zero-order valence-electron chi connectivity index (χ0n) is 19.1. The number of hydrogen-bond acceptors (Lipinski definition) is 1. The molecule has 0 amide bonds. The predicted molar refractivity (Wildman–Crippen MR) is 141 cm³/mol. The summed E-state index contributed by atoms with van der Waals surface area (Å²) in [4.78, 5) is 2.35. The predicted octanol–water partition coefficient (Wildman–Crippen LogP) is 9.11. The molecule has 0 aromatic heterocycles. The molecule has 5 aromatic carbocycles. The Morgan fingerprint density at radius 2 is 0.970 bits per heavy atom. The minimum atomic E-state index is 1.14. The maximum absolute atomic E-state index is 2.35. The number of benzene rings is 5. The van der Waals surface area contributed by atoms with Gasteiger partial charge in [-0.1, -0.05) is 97.1 Å². The first-order chi connectivity index (χ1) is 16.2. The third-order valence-electron chi connectivity index (χ3n) is 6.23. The van der Waals surface area contributed by atoms with Crippen LogP contribution in [0.5, 0.6) is 0 Å². The average Bonchev–Trinajstić information content (AvgIpc) is 2.87. The second-order valence-electron chi connectivity index (χ2n) is 8.35. The number of rotatable bonds is 5. The van der Waals surface area contributed by atoms with Crippen LogP contribution in [0.4, 0.5) is 17.1 Å². The highest BCUT2D eigenvalue weighted by Crippen LogP contribution is 2.40. The monoisotopic (exact) mass is 425 g/mol. The van der Waals surface area contributed by atoms with E-state index in [0.29, 0.717) is 0 Å². The number of nitrogens with zero attached hydrogens (tertiary/aromatic N) is 1. The molecule has 0 aliphatic rings. The van der Waals surface area contributed by atoms with Crippen LogP contribution in [0.3, 0.4) is 0 Å². The van der Waals surface area contributed by atoms with E-state index in [4.69, 9.17) is 0 Å². The van der Waals surface area contributed by atoms with E-state index in [1.165, 1.54) is 39.1 Å². The molecule has 0 radical (unpaired) electrons. The number of para-hydroxylation sites is 1. The van der Waals surface area contributed by atoms with Gasteiger partial charge in [-0.2, -0.15) is 0 Å². The van der Waals surface area contributed by atoms with E-state index in [1.807, 2.05) is 0 Å². The zero-order valence-corrected chi connectivity index (χ0v) is 19.1. The first-order valence-corrected chi connectivity index (χ1v) is 11.4. The van der Waals surface area contributed by atoms with Crippen LogP contribution in [-0.4, -0.2) is 0 Å². The molecule has 0 heterocycles. The largest absolute Gasteiger partial charge is 0.310 e. The van der Waals surface area contributed by atoms with E-state index in [9.17, 15) is 0 Å². The van der Waals surface area contributed by atoms with E-state index in [1.54, 1.807) is 0 Å². The van der Waals surface area contributed by atoms with Crippen LogP contribution in [-0.2, 0) is 0 Å². The van der Waals surface area contributed by atoms with E-state index in [-0.39, 0.29) is 0 Å². The fourth-order valence-electron chi connectivity index (χ4n) is 4.47. The maximum Gasteiger partial charge on any atom is 0.0496 e. The molecule has 0 saturated carbocycles. The van der Waals surface area contributed by atoms with Crippen LogP contribution in [0.25, 0.3) is 22.3 Å². The number of aryl methyl sites for hydroxylation is 1. The summed E-state index contributed by atoms with van der Waals surface area (Å²) in [6.07, 6.45) is 0. The maximum atomic E-state index is 2.35. The molecule has 0 atom stereocenters. The van der Waals surface area contributed by atoms with Gasteiger partial charge >= 0.3 is 0 Å². The van der Waals surface area contributed by atoms with E-state index >= 15 is 0 Å². The minimum absolute atomic E-state index is 1.14. The van der Waals surface area contributed by atoms with Gasteiger partial charge in [0.25, 0.3) is 0 Å². The van der Waals surface area contributed by atoms with Gasteiger partial charge in [-0.3, -0.25) is 0 Å². The molecule has 160 valence electrons. The summed E-state index contributed by atoms with van der Waals surface area (Å²) in [7, 11) is 0. The standard InChI is InChI=1S/C32H27N/c1-24-12-9-10-17-30(24)31-18-11-19-32(25(31)2)33(28-15-7-4-8-16-28)29-22-20-27(21-23-29)26-13-5-3-6-14-26/h3-23H,1-2H3. The van der Waals surface area contributed by atoms with Crippen molar-refractivity contribution < 1.29 is 0 Å². The van der Waals surface area contributed by atoms with Crippen molar-refractivity contribution in [2.24, 2.45) is 0 Å². The van der Waals surface area contributed by atoms with Crippen molar-refractivity contribution in [1.82, 2.24) is 0 Å². The lowest BCUT2D eigenvalue weighted by molar-refractivity contribution is 1.25. The van der Waals surface area contributed by atoms with Crippen molar-refractivity contribution in [2.45, 2.75) is 13.8 Å². The quantitative estimate of drug-likeness (QED) is 0.271. The Hall–Kier alpha value is -4.10. The van der Waals surface area contributed by atoms with Gasteiger partial charge in [-0.25, -0.2) is 0 Å².